The van der Waals surface area contributed by atoms with Crippen molar-refractivity contribution < 1.29 is 14.3 Å². The highest BCUT2D eigenvalue weighted by Crippen LogP contribution is 2.41. The molecular weight excluding hydrogens is 468 g/mol. The molecule has 1 aromatic heterocycles. The van der Waals surface area contributed by atoms with Crippen LogP contribution in [0, 0.1) is 6.92 Å². The van der Waals surface area contributed by atoms with E-state index in [1.807, 2.05) is 59.0 Å². The molecule has 0 radical (unpaired) electrons. The number of anilines is 2. The summed E-state index contributed by atoms with van der Waals surface area (Å²) >= 11 is 0. The molecule has 8 heteroatoms. The number of hydrogen-bond donors (Lipinski definition) is 0. The molecule has 2 atom stereocenters. The van der Waals surface area contributed by atoms with Gasteiger partial charge in [-0.15, -0.1) is 0 Å². The zero-order valence-corrected chi connectivity index (χ0v) is 22.6. The number of ether oxygens (including phenoxy) is 2. The molecule has 0 aliphatic carbocycles. The number of morpholine rings is 1. The van der Waals surface area contributed by atoms with Gasteiger partial charge in [-0.05, 0) is 69.5 Å². The SMILES string of the molecule is CO[C@@H](C)[C@H]1CN(c2ccc3c(=O)n(CCc4ccc5c(c4)N(C)C(=O)C5(C)C)c(C)nc3c2)CCO1. The van der Waals surface area contributed by atoms with E-state index in [-0.39, 0.29) is 23.7 Å². The smallest absolute Gasteiger partial charge is 0.261 e. The minimum Gasteiger partial charge on any atom is -0.379 e. The molecule has 0 bridgehead atoms. The number of carbonyl (C=O) groups is 1. The second-order valence-corrected chi connectivity index (χ2v) is 10.7. The molecule has 2 aliphatic heterocycles. The Morgan fingerprint density at radius 1 is 1.19 bits per heavy atom. The van der Waals surface area contributed by atoms with Gasteiger partial charge in [0.2, 0.25) is 5.91 Å². The fourth-order valence-electron chi connectivity index (χ4n) is 5.55. The average molecular weight is 505 g/mol. The highest BCUT2D eigenvalue weighted by atomic mass is 16.5. The molecule has 0 N–H and O–H groups in total. The largest absolute Gasteiger partial charge is 0.379 e. The number of fused-ring (bicyclic) bond motifs is 2. The Morgan fingerprint density at radius 3 is 2.73 bits per heavy atom. The Labute approximate surface area is 217 Å². The third-order valence-corrected chi connectivity index (χ3v) is 8.04. The monoisotopic (exact) mass is 504 g/mol. The number of aryl methyl sites for hydroxylation is 2. The molecule has 3 heterocycles. The molecule has 2 aromatic carbocycles. The number of hydrogen-bond acceptors (Lipinski definition) is 6. The summed E-state index contributed by atoms with van der Waals surface area (Å²) in [5, 5.41) is 0.616. The lowest BCUT2D eigenvalue weighted by Crippen LogP contribution is -2.47. The molecule has 1 amide bonds. The zero-order chi connectivity index (χ0) is 26.5. The lowest BCUT2D eigenvalue weighted by Gasteiger charge is -2.36. The van der Waals surface area contributed by atoms with Crippen molar-refractivity contribution in [2.24, 2.45) is 0 Å². The lowest BCUT2D eigenvalue weighted by molar-refractivity contribution is -0.121. The maximum absolute atomic E-state index is 13.4. The van der Waals surface area contributed by atoms with E-state index in [1.54, 1.807) is 16.6 Å². The van der Waals surface area contributed by atoms with Crippen LogP contribution >= 0.6 is 0 Å². The van der Waals surface area contributed by atoms with E-state index in [1.165, 1.54) is 0 Å². The molecule has 37 heavy (non-hydrogen) atoms. The summed E-state index contributed by atoms with van der Waals surface area (Å²) in [6.45, 7) is 10.5. The van der Waals surface area contributed by atoms with Crippen molar-refractivity contribution >= 4 is 28.2 Å². The van der Waals surface area contributed by atoms with Crippen molar-refractivity contribution in [1.82, 2.24) is 9.55 Å². The second-order valence-electron chi connectivity index (χ2n) is 10.7. The number of benzene rings is 2. The van der Waals surface area contributed by atoms with Crippen molar-refractivity contribution in [2.45, 2.75) is 58.3 Å². The van der Waals surface area contributed by atoms with Gasteiger partial charge in [0, 0.05) is 45.2 Å². The van der Waals surface area contributed by atoms with Crippen molar-refractivity contribution in [2.75, 3.05) is 43.7 Å². The van der Waals surface area contributed by atoms with Crippen LogP contribution in [0.5, 0.6) is 0 Å². The standard InChI is InChI=1S/C29H36N4O4/c1-18(36-6)26-17-32(13-14-37-26)21-8-9-22-24(16-21)30-19(2)33(27(22)34)12-11-20-7-10-23-25(15-20)31(5)28(35)29(23,3)4/h7-10,15-16,18,26H,11-14,17H2,1-6H3/t18-,26+/m0/s1. The highest BCUT2D eigenvalue weighted by Gasteiger charge is 2.42. The maximum Gasteiger partial charge on any atom is 0.261 e. The first-order valence-electron chi connectivity index (χ1n) is 12.9. The first-order chi connectivity index (χ1) is 17.6. The number of likely N-dealkylation sites (N-methyl/N-ethyl adjacent to an activating group) is 1. The predicted molar refractivity (Wildman–Crippen MR) is 146 cm³/mol. The average Bonchev–Trinajstić information content (AvgIpc) is 3.07. The Morgan fingerprint density at radius 2 is 1.97 bits per heavy atom. The molecule has 0 spiro atoms. The van der Waals surface area contributed by atoms with Crippen LogP contribution in [0.4, 0.5) is 11.4 Å². The van der Waals surface area contributed by atoms with Gasteiger partial charge >= 0.3 is 0 Å². The Hall–Kier alpha value is -3.23. The number of amides is 1. The van der Waals surface area contributed by atoms with Crippen LogP contribution in [-0.4, -0.2) is 61.5 Å². The molecule has 3 aromatic rings. The van der Waals surface area contributed by atoms with E-state index in [4.69, 9.17) is 14.5 Å². The molecule has 8 nitrogen and oxygen atoms in total. The third kappa shape index (κ3) is 4.42. The predicted octanol–water partition coefficient (Wildman–Crippen LogP) is 3.44. The number of carbonyl (C=O) groups excluding carboxylic acids is 1. The van der Waals surface area contributed by atoms with E-state index < -0.39 is 5.41 Å². The maximum atomic E-state index is 13.4. The van der Waals surface area contributed by atoms with Crippen molar-refractivity contribution in [3.63, 3.8) is 0 Å². The van der Waals surface area contributed by atoms with Gasteiger partial charge < -0.3 is 19.3 Å². The van der Waals surface area contributed by atoms with Gasteiger partial charge in [-0.2, -0.15) is 0 Å². The van der Waals surface area contributed by atoms with E-state index in [9.17, 15) is 9.59 Å². The van der Waals surface area contributed by atoms with Gasteiger partial charge in [-0.3, -0.25) is 14.2 Å². The molecule has 1 saturated heterocycles. The highest BCUT2D eigenvalue weighted by molar-refractivity contribution is 6.07. The first kappa shape index (κ1) is 25.4. The van der Waals surface area contributed by atoms with Crippen molar-refractivity contribution in [3.05, 3.63) is 63.7 Å². The number of nitrogens with zero attached hydrogens (tertiary/aromatic N) is 4. The summed E-state index contributed by atoms with van der Waals surface area (Å²) < 4.78 is 13.1. The van der Waals surface area contributed by atoms with Crippen LogP contribution in [0.1, 0.15) is 37.7 Å². The molecule has 2 aliphatic rings. The van der Waals surface area contributed by atoms with Crippen LogP contribution in [-0.2, 0) is 32.6 Å². The zero-order valence-electron chi connectivity index (χ0n) is 22.6. The van der Waals surface area contributed by atoms with Crippen LogP contribution in [0.2, 0.25) is 0 Å². The molecule has 0 saturated carbocycles. The minimum absolute atomic E-state index is 0.000315. The molecule has 5 rings (SSSR count). The van der Waals surface area contributed by atoms with Gasteiger partial charge in [-0.1, -0.05) is 12.1 Å². The van der Waals surface area contributed by atoms with Crippen LogP contribution in [0.25, 0.3) is 10.9 Å². The first-order valence-corrected chi connectivity index (χ1v) is 12.9. The third-order valence-electron chi connectivity index (χ3n) is 8.04. The Balaban J connectivity index is 1.37. The van der Waals surface area contributed by atoms with Gasteiger partial charge in [0.25, 0.3) is 5.56 Å². The Kier molecular flexibility index (Phi) is 6.58. The van der Waals surface area contributed by atoms with Crippen LogP contribution < -0.4 is 15.4 Å². The topological polar surface area (TPSA) is 76.9 Å². The van der Waals surface area contributed by atoms with Gasteiger partial charge in [0.05, 0.1) is 29.0 Å². The van der Waals surface area contributed by atoms with Gasteiger partial charge in [-0.25, -0.2) is 4.98 Å². The molecule has 0 unspecified atom stereocenters. The van der Waals surface area contributed by atoms with E-state index in [0.717, 1.165) is 35.6 Å². The van der Waals surface area contributed by atoms with Crippen molar-refractivity contribution in [3.8, 4) is 0 Å². The lowest BCUT2D eigenvalue weighted by atomic mass is 9.86. The summed E-state index contributed by atoms with van der Waals surface area (Å²) in [6, 6.07) is 12.1. The summed E-state index contributed by atoms with van der Waals surface area (Å²) in [5.41, 5.74) is 4.28. The second kappa shape index (κ2) is 9.58. The normalized spacial score (nSPS) is 19.9. The van der Waals surface area contributed by atoms with Crippen LogP contribution in [0.3, 0.4) is 0 Å². The van der Waals surface area contributed by atoms with E-state index in [2.05, 4.69) is 17.0 Å². The molecular formula is C29H36N4O4. The summed E-state index contributed by atoms with van der Waals surface area (Å²) in [4.78, 5) is 34.9. The minimum atomic E-state index is -0.512. The quantitative estimate of drug-likeness (QED) is 0.512. The molecule has 1 fully saturated rings. The van der Waals surface area contributed by atoms with Gasteiger partial charge in [0.15, 0.2) is 0 Å². The van der Waals surface area contributed by atoms with Crippen molar-refractivity contribution in [1.29, 1.82) is 0 Å². The van der Waals surface area contributed by atoms with E-state index in [0.29, 0.717) is 36.3 Å². The summed E-state index contributed by atoms with van der Waals surface area (Å²) in [7, 11) is 3.52. The fourth-order valence-corrected chi connectivity index (χ4v) is 5.55. The summed E-state index contributed by atoms with van der Waals surface area (Å²) in [5.74, 6) is 0.794. The molecule has 196 valence electrons. The summed E-state index contributed by atoms with van der Waals surface area (Å²) in [6.07, 6.45) is 0.684. The number of methoxy groups -OCH3 is 1. The van der Waals surface area contributed by atoms with Gasteiger partial charge in [0.1, 0.15) is 11.9 Å². The Bertz CT molecular complexity index is 1410. The fraction of sp³-hybridized carbons (Fsp3) is 0.483. The number of rotatable bonds is 6. The number of aromatic nitrogens is 2. The van der Waals surface area contributed by atoms with E-state index >= 15 is 0 Å². The van der Waals surface area contributed by atoms with Crippen LogP contribution in [0.15, 0.2) is 41.2 Å².